The molecule has 118 valence electrons. The van der Waals surface area contributed by atoms with Crippen LogP contribution >= 0.6 is 0 Å². The first kappa shape index (κ1) is 16.1. The molecule has 0 saturated carbocycles. The quantitative estimate of drug-likeness (QED) is 0.805. The van der Waals surface area contributed by atoms with Crippen LogP contribution in [0.25, 0.3) is 0 Å². The molecule has 0 aliphatic rings. The van der Waals surface area contributed by atoms with E-state index in [0.29, 0.717) is 5.75 Å². The van der Waals surface area contributed by atoms with Crippen molar-refractivity contribution in [2.75, 3.05) is 13.7 Å². The molecule has 2 amide bonds. The van der Waals surface area contributed by atoms with E-state index >= 15 is 0 Å². The maximum Gasteiger partial charge on any atom is 0.359 e. The minimum atomic E-state index is -0.807. The topological polar surface area (TPSA) is 107 Å². The van der Waals surface area contributed by atoms with Crippen molar-refractivity contribution in [3.05, 3.63) is 54.1 Å². The van der Waals surface area contributed by atoms with Gasteiger partial charge in [0.05, 0.1) is 18.9 Å². The van der Waals surface area contributed by atoms with Crippen LogP contribution in [0.1, 0.15) is 20.8 Å². The summed E-state index contributed by atoms with van der Waals surface area (Å²) in [4.78, 5) is 42.7. The number of benzene rings is 1. The molecule has 8 nitrogen and oxygen atoms in total. The lowest BCUT2D eigenvalue weighted by molar-refractivity contribution is -0.123. The summed E-state index contributed by atoms with van der Waals surface area (Å²) in [5, 5.41) is 2.11. The Morgan fingerprint density at radius 1 is 1.17 bits per heavy atom. The first-order chi connectivity index (χ1) is 11.1. The molecule has 0 radical (unpaired) electrons. The summed E-state index contributed by atoms with van der Waals surface area (Å²) in [6.45, 7) is -0.615. The number of nitrogens with zero attached hydrogens (tertiary/aromatic N) is 2. The molecule has 2 aromatic rings. The lowest BCUT2D eigenvalue weighted by Gasteiger charge is -2.08. The Kier molecular flexibility index (Phi) is 5.35. The molecular formula is C15H13N3O5. The molecule has 0 bridgehead atoms. The molecule has 0 unspecified atom stereocenters. The summed E-state index contributed by atoms with van der Waals surface area (Å²) in [5.41, 5.74) is 0.167. The summed E-state index contributed by atoms with van der Waals surface area (Å²) in [7, 11) is 1.41. The zero-order chi connectivity index (χ0) is 16.7. The van der Waals surface area contributed by atoms with Crippen molar-refractivity contribution in [1.82, 2.24) is 15.3 Å². The molecule has 8 heteroatoms. The maximum absolute atomic E-state index is 12.0. The van der Waals surface area contributed by atoms with Gasteiger partial charge in [-0.2, -0.15) is 0 Å². The van der Waals surface area contributed by atoms with Gasteiger partial charge in [-0.15, -0.1) is 0 Å². The SMILES string of the molecule is COc1ccccc1C(=O)NC(=O)COC(=O)c1cnccn1. The highest BCUT2D eigenvalue weighted by atomic mass is 16.5. The van der Waals surface area contributed by atoms with Gasteiger partial charge >= 0.3 is 5.97 Å². The number of carbonyl (C=O) groups excluding carboxylic acids is 3. The van der Waals surface area contributed by atoms with Gasteiger partial charge in [-0.1, -0.05) is 12.1 Å². The maximum atomic E-state index is 12.0. The Morgan fingerprint density at radius 3 is 2.65 bits per heavy atom. The minimum Gasteiger partial charge on any atom is -0.496 e. The van der Waals surface area contributed by atoms with Crippen molar-refractivity contribution in [2.24, 2.45) is 0 Å². The number of hydrogen-bond donors (Lipinski definition) is 1. The summed E-state index contributed by atoms with van der Waals surface area (Å²) in [6, 6.07) is 6.43. The second-order valence-electron chi connectivity index (χ2n) is 4.24. The van der Waals surface area contributed by atoms with E-state index in [-0.39, 0.29) is 11.3 Å². The molecule has 0 saturated heterocycles. The second kappa shape index (κ2) is 7.64. The summed E-state index contributed by atoms with van der Waals surface area (Å²) >= 11 is 0. The lowest BCUT2D eigenvalue weighted by Crippen LogP contribution is -2.34. The van der Waals surface area contributed by atoms with Crippen molar-refractivity contribution < 1.29 is 23.9 Å². The van der Waals surface area contributed by atoms with Gasteiger partial charge in [-0.3, -0.25) is 19.9 Å². The number of imide groups is 1. The molecule has 0 fully saturated rings. The highest BCUT2D eigenvalue weighted by molar-refractivity contribution is 6.06. The van der Waals surface area contributed by atoms with Crippen molar-refractivity contribution >= 4 is 17.8 Å². The number of methoxy groups -OCH3 is 1. The van der Waals surface area contributed by atoms with E-state index in [0.717, 1.165) is 0 Å². The molecule has 1 N–H and O–H groups in total. The van der Waals surface area contributed by atoms with E-state index in [9.17, 15) is 14.4 Å². The van der Waals surface area contributed by atoms with E-state index in [1.54, 1.807) is 18.2 Å². The zero-order valence-corrected chi connectivity index (χ0v) is 12.2. The van der Waals surface area contributed by atoms with Gasteiger partial charge in [0.1, 0.15) is 5.75 Å². The number of carbonyl (C=O) groups is 3. The third-order valence-corrected chi connectivity index (χ3v) is 2.71. The second-order valence-corrected chi connectivity index (χ2v) is 4.24. The molecular weight excluding hydrogens is 302 g/mol. The third-order valence-electron chi connectivity index (χ3n) is 2.71. The van der Waals surface area contributed by atoms with Crippen molar-refractivity contribution in [2.45, 2.75) is 0 Å². The van der Waals surface area contributed by atoms with Crippen LogP contribution in [0.4, 0.5) is 0 Å². The van der Waals surface area contributed by atoms with Crippen molar-refractivity contribution in [1.29, 1.82) is 0 Å². The highest BCUT2D eigenvalue weighted by Gasteiger charge is 2.16. The lowest BCUT2D eigenvalue weighted by atomic mass is 10.2. The van der Waals surface area contributed by atoms with Crippen LogP contribution in [0.5, 0.6) is 5.75 Å². The summed E-state index contributed by atoms with van der Waals surface area (Å²) in [5.74, 6) is -1.89. The van der Waals surface area contributed by atoms with Crippen LogP contribution in [-0.4, -0.2) is 41.5 Å². The molecule has 1 heterocycles. The predicted molar refractivity (Wildman–Crippen MR) is 77.8 cm³/mol. The van der Waals surface area contributed by atoms with Crippen LogP contribution in [0, 0.1) is 0 Å². The third kappa shape index (κ3) is 4.34. The first-order valence-electron chi connectivity index (χ1n) is 6.52. The molecule has 0 spiro atoms. The number of ether oxygens (including phenoxy) is 2. The molecule has 1 aromatic heterocycles. The van der Waals surface area contributed by atoms with E-state index < -0.39 is 24.4 Å². The Balaban J connectivity index is 1.90. The van der Waals surface area contributed by atoms with E-state index in [2.05, 4.69) is 15.3 Å². The molecule has 2 rings (SSSR count). The first-order valence-corrected chi connectivity index (χ1v) is 6.52. The average Bonchev–Trinajstić information content (AvgIpc) is 2.60. The van der Waals surface area contributed by atoms with Crippen molar-refractivity contribution in [3.63, 3.8) is 0 Å². The van der Waals surface area contributed by atoms with Gasteiger partial charge in [0.2, 0.25) is 0 Å². The van der Waals surface area contributed by atoms with Gasteiger partial charge in [0.15, 0.2) is 12.3 Å². The molecule has 0 atom stereocenters. The van der Waals surface area contributed by atoms with Gasteiger partial charge < -0.3 is 9.47 Å². The van der Waals surface area contributed by atoms with E-state index in [1.807, 2.05) is 0 Å². The van der Waals surface area contributed by atoms with E-state index in [1.165, 1.54) is 31.8 Å². The minimum absolute atomic E-state index is 0.0312. The van der Waals surface area contributed by atoms with Crippen LogP contribution in [0.15, 0.2) is 42.9 Å². The van der Waals surface area contributed by atoms with Crippen molar-refractivity contribution in [3.8, 4) is 5.75 Å². The van der Waals surface area contributed by atoms with Crippen LogP contribution in [0.2, 0.25) is 0 Å². The fraction of sp³-hybridized carbons (Fsp3) is 0.133. The molecule has 1 aromatic carbocycles. The number of nitrogens with one attached hydrogen (secondary N) is 1. The number of amides is 2. The number of hydrogen-bond acceptors (Lipinski definition) is 7. The smallest absolute Gasteiger partial charge is 0.359 e. The Labute approximate surface area is 131 Å². The van der Waals surface area contributed by atoms with Crippen LogP contribution in [-0.2, 0) is 9.53 Å². The summed E-state index contributed by atoms with van der Waals surface area (Å²) < 4.78 is 9.78. The van der Waals surface area contributed by atoms with Gasteiger partial charge in [-0.25, -0.2) is 9.78 Å². The number of rotatable bonds is 5. The fourth-order valence-corrected chi connectivity index (χ4v) is 1.67. The number of para-hydroxylation sites is 1. The Morgan fingerprint density at radius 2 is 1.96 bits per heavy atom. The average molecular weight is 315 g/mol. The number of esters is 1. The normalized spacial score (nSPS) is 9.78. The Bertz CT molecular complexity index is 718. The van der Waals surface area contributed by atoms with Gasteiger partial charge in [0.25, 0.3) is 11.8 Å². The largest absolute Gasteiger partial charge is 0.496 e. The van der Waals surface area contributed by atoms with Crippen LogP contribution < -0.4 is 10.1 Å². The predicted octanol–water partition coefficient (Wildman–Crippen LogP) is 0.599. The van der Waals surface area contributed by atoms with Gasteiger partial charge in [-0.05, 0) is 12.1 Å². The van der Waals surface area contributed by atoms with E-state index in [4.69, 9.17) is 9.47 Å². The van der Waals surface area contributed by atoms with Crippen LogP contribution in [0.3, 0.4) is 0 Å². The zero-order valence-electron chi connectivity index (χ0n) is 12.2. The highest BCUT2D eigenvalue weighted by Crippen LogP contribution is 2.16. The molecule has 23 heavy (non-hydrogen) atoms. The molecule has 0 aliphatic carbocycles. The Hall–Kier alpha value is -3.29. The monoisotopic (exact) mass is 315 g/mol. The fourth-order valence-electron chi connectivity index (χ4n) is 1.67. The standard InChI is InChI=1S/C15H13N3O5/c1-22-12-5-3-2-4-10(12)14(20)18-13(19)9-23-15(21)11-8-16-6-7-17-11/h2-8H,9H2,1H3,(H,18,19,20). The summed E-state index contributed by atoms with van der Waals surface area (Å²) in [6.07, 6.45) is 3.93. The molecule has 0 aliphatic heterocycles. The number of aromatic nitrogens is 2. The van der Waals surface area contributed by atoms with Gasteiger partial charge in [0, 0.05) is 12.4 Å².